The van der Waals surface area contributed by atoms with Crippen LogP contribution < -0.4 is 9.80 Å². The number of hydrogen-bond acceptors (Lipinski definition) is 5. The third-order valence-electron chi connectivity index (χ3n) is 9.67. The predicted molar refractivity (Wildman–Crippen MR) is 166 cm³/mol. The molecule has 3 aromatic rings. The van der Waals surface area contributed by atoms with E-state index in [4.69, 9.17) is 11.6 Å². The largest absolute Gasteiger partial charge is 0.508 e. The summed E-state index contributed by atoms with van der Waals surface area (Å²) in [5.74, 6) is -4.20. The Morgan fingerprint density at radius 3 is 2.24 bits per heavy atom. The van der Waals surface area contributed by atoms with Gasteiger partial charge in [-0.1, -0.05) is 47.5 Å². The Morgan fingerprint density at radius 1 is 0.857 bits per heavy atom. The molecule has 0 spiro atoms. The van der Waals surface area contributed by atoms with Crippen LogP contribution in [0.1, 0.15) is 31.2 Å². The predicted octanol–water partition coefficient (Wildman–Crippen LogP) is 6.09. The van der Waals surface area contributed by atoms with Gasteiger partial charge in [0.05, 0.1) is 34.5 Å². The Kier molecular flexibility index (Phi) is 6.36. The first kappa shape index (κ1) is 27.3. The van der Waals surface area contributed by atoms with E-state index in [9.17, 15) is 24.3 Å². The molecule has 1 saturated carbocycles. The number of nitrogens with zero attached hydrogens (tertiary/aromatic N) is 2. The van der Waals surface area contributed by atoms with Crippen molar-refractivity contribution in [3.05, 3.63) is 98.6 Å². The van der Waals surface area contributed by atoms with Crippen LogP contribution in [0.5, 0.6) is 5.75 Å². The summed E-state index contributed by atoms with van der Waals surface area (Å²) in [5, 5.41) is 10.4. The molecule has 0 unspecified atom stereocenters. The number of aromatic hydroxyl groups is 1. The number of carbonyl (C=O) groups is 4. The van der Waals surface area contributed by atoms with Gasteiger partial charge in [0.25, 0.3) is 0 Å². The first-order valence-electron chi connectivity index (χ1n) is 13.9. The lowest BCUT2D eigenvalue weighted by molar-refractivity contribution is -0.131. The van der Waals surface area contributed by atoms with Gasteiger partial charge in [-0.25, -0.2) is 4.90 Å². The van der Waals surface area contributed by atoms with Crippen LogP contribution in [0, 0.1) is 32.7 Å². The van der Waals surface area contributed by atoms with Crippen LogP contribution in [0.2, 0.25) is 5.02 Å². The van der Waals surface area contributed by atoms with Crippen molar-refractivity contribution in [3.63, 3.8) is 0 Å². The summed E-state index contributed by atoms with van der Waals surface area (Å²) in [5.41, 5.74) is 1.29. The van der Waals surface area contributed by atoms with Gasteiger partial charge in [-0.15, -0.1) is 0 Å². The Hall–Kier alpha value is -3.50. The maximum atomic E-state index is 14.4. The van der Waals surface area contributed by atoms with Crippen LogP contribution in [-0.4, -0.2) is 28.7 Å². The Labute approximate surface area is 261 Å². The van der Waals surface area contributed by atoms with E-state index in [1.54, 1.807) is 42.5 Å². The van der Waals surface area contributed by atoms with Gasteiger partial charge in [0.1, 0.15) is 5.75 Å². The van der Waals surface area contributed by atoms with Gasteiger partial charge in [0.2, 0.25) is 23.6 Å². The molecule has 7 rings (SSSR count). The molecule has 6 atom stereocenters. The molecule has 42 heavy (non-hydrogen) atoms. The van der Waals surface area contributed by atoms with Crippen molar-refractivity contribution in [2.45, 2.75) is 25.7 Å². The van der Waals surface area contributed by atoms with E-state index in [0.717, 1.165) is 9.14 Å². The number of amides is 4. The monoisotopic (exact) mass is 692 g/mol. The molecule has 2 aliphatic heterocycles. The van der Waals surface area contributed by atoms with Crippen molar-refractivity contribution < 1.29 is 24.3 Å². The number of phenols is 1. The number of carbonyl (C=O) groups excluding carboxylic acids is 4. The normalized spacial score (nSPS) is 30.3. The summed E-state index contributed by atoms with van der Waals surface area (Å²) in [7, 11) is 0. The van der Waals surface area contributed by atoms with Gasteiger partial charge < -0.3 is 5.11 Å². The van der Waals surface area contributed by atoms with E-state index >= 15 is 0 Å². The second-order valence-electron chi connectivity index (χ2n) is 11.7. The molecule has 0 bridgehead atoms. The summed E-state index contributed by atoms with van der Waals surface area (Å²) in [4.78, 5) is 58.9. The highest BCUT2D eigenvalue weighted by Gasteiger charge is 2.67. The highest BCUT2D eigenvalue weighted by molar-refractivity contribution is 14.1. The molecule has 3 aromatic carbocycles. The first-order valence-corrected chi connectivity index (χ1v) is 15.3. The topological polar surface area (TPSA) is 95.0 Å². The van der Waals surface area contributed by atoms with Gasteiger partial charge in [-0.05, 0) is 102 Å². The van der Waals surface area contributed by atoms with E-state index in [1.165, 1.54) is 21.9 Å². The number of hydrogen-bond donors (Lipinski definition) is 1. The molecule has 2 saturated heterocycles. The molecular weight excluding hydrogens is 667 g/mol. The molecule has 4 amide bonds. The summed E-state index contributed by atoms with van der Waals surface area (Å²) in [6.07, 6.45) is 2.61. The molecule has 4 aliphatic rings. The van der Waals surface area contributed by atoms with E-state index in [2.05, 4.69) is 22.6 Å². The quantitative estimate of drug-likeness (QED) is 0.204. The lowest BCUT2D eigenvalue weighted by atomic mass is 9.51. The lowest BCUT2D eigenvalue weighted by Crippen LogP contribution is -2.49. The van der Waals surface area contributed by atoms with Crippen LogP contribution in [-0.2, 0) is 19.2 Å². The molecule has 0 aromatic heterocycles. The number of rotatable bonds is 3. The minimum Gasteiger partial charge on any atom is -0.508 e. The minimum absolute atomic E-state index is 0.0139. The SMILES string of the molecule is C[C@@]12C(=O)N(c3ccccc3)C(=O)[C@@H]1C[C@@H]1C(=CC[C@@H]3C(=O)N(c4ccc(I)cc4)C(=O)[C@@H]31)[C@@H]2c1ccc(O)cc1Cl. The number of imide groups is 2. The number of anilines is 2. The molecule has 0 radical (unpaired) electrons. The summed E-state index contributed by atoms with van der Waals surface area (Å²) >= 11 is 8.91. The Morgan fingerprint density at radius 2 is 1.55 bits per heavy atom. The number of fused-ring (bicyclic) bond motifs is 4. The van der Waals surface area contributed by atoms with Gasteiger partial charge in [-0.2, -0.15) is 0 Å². The third kappa shape index (κ3) is 3.77. The maximum absolute atomic E-state index is 14.4. The molecule has 1 N–H and O–H groups in total. The highest BCUT2D eigenvalue weighted by Crippen LogP contribution is 2.64. The second kappa shape index (κ2) is 9.77. The summed E-state index contributed by atoms with van der Waals surface area (Å²) in [6.45, 7) is 1.82. The van der Waals surface area contributed by atoms with Crippen LogP contribution in [0.25, 0.3) is 0 Å². The first-order chi connectivity index (χ1) is 20.1. The number of para-hydroxylation sites is 1. The van der Waals surface area contributed by atoms with Gasteiger partial charge >= 0.3 is 0 Å². The summed E-state index contributed by atoms with van der Waals surface area (Å²) in [6, 6.07) is 20.8. The zero-order valence-electron chi connectivity index (χ0n) is 22.5. The number of halogens is 2. The maximum Gasteiger partial charge on any atom is 0.241 e. The van der Waals surface area contributed by atoms with Crippen LogP contribution in [0.15, 0.2) is 84.4 Å². The zero-order valence-corrected chi connectivity index (χ0v) is 25.5. The fourth-order valence-corrected chi connectivity index (χ4v) is 8.42. The summed E-state index contributed by atoms with van der Waals surface area (Å²) < 4.78 is 0.990. The second-order valence-corrected chi connectivity index (χ2v) is 13.3. The van der Waals surface area contributed by atoms with Gasteiger partial charge in [0.15, 0.2) is 0 Å². The molecule has 7 nitrogen and oxygen atoms in total. The van der Waals surface area contributed by atoms with Crippen molar-refractivity contribution in [3.8, 4) is 5.75 Å². The van der Waals surface area contributed by atoms with Crippen molar-refractivity contribution >= 4 is 69.2 Å². The number of benzene rings is 3. The fourth-order valence-electron chi connectivity index (χ4n) is 7.78. The number of phenolic OH excluding ortho intramolecular Hbond substituents is 1. The van der Waals surface area contributed by atoms with Crippen LogP contribution in [0.4, 0.5) is 11.4 Å². The van der Waals surface area contributed by atoms with Crippen LogP contribution >= 0.6 is 34.2 Å². The van der Waals surface area contributed by atoms with Crippen molar-refractivity contribution in [2.24, 2.45) is 29.1 Å². The third-order valence-corrected chi connectivity index (χ3v) is 10.7. The molecule has 2 aliphatic carbocycles. The average molecular weight is 693 g/mol. The standard InChI is InChI=1S/C33H26ClIN2O5/c1-33-25(30(40)37(32(33)42)18-5-3-2-4-6-18)16-24-21(28(33)22-12-11-20(38)15-26(22)34)13-14-23-27(24)31(41)36(29(23)39)19-9-7-17(35)8-10-19/h2-13,15,23-25,27-28,38H,14,16H2,1H3/t23-,24+,25-,27-,28+,33+/m0/s1. The van der Waals surface area contributed by atoms with E-state index in [-0.39, 0.29) is 40.8 Å². The van der Waals surface area contributed by atoms with Gasteiger partial charge in [-0.3, -0.25) is 24.1 Å². The Balaban J connectivity index is 1.38. The zero-order chi connectivity index (χ0) is 29.5. The van der Waals surface area contributed by atoms with Crippen molar-refractivity contribution in [1.29, 1.82) is 0 Å². The highest BCUT2D eigenvalue weighted by atomic mass is 127. The van der Waals surface area contributed by atoms with Crippen molar-refractivity contribution in [1.82, 2.24) is 0 Å². The Bertz CT molecular complexity index is 1710. The van der Waals surface area contributed by atoms with E-state index < -0.39 is 35.0 Å². The van der Waals surface area contributed by atoms with E-state index in [0.29, 0.717) is 23.4 Å². The fraction of sp³-hybridized carbons (Fsp3) is 0.273. The molecule has 212 valence electrons. The molecule has 9 heteroatoms. The van der Waals surface area contributed by atoms with Crippen LogP contribution in [0.3, 0.4) is 0 Å². The molecule has 2 heterocycles. The lowest BCUT2D eigenvalue weighted by Gasteiger charge is -2.49. The van der Waals surface area contributed by atoms with Gasteiger partial charge in [0, 0.05) is 14.5 Å². The van der Waals surface area contributed by atoms with E-state index in [1.807, 2.05) is 31.2 Å². The van der Waals surface area contributed by atoms with Crippen molar-refractivity contribution in [2.75, 3.05) is 9.80 Å². The smallest absolute Gasteiger partial charge is 0.241 e. The molecule has 3 fully saturated rings. The number of allylic oxidation sites excluding steroid dienone is 2. The minimum atomic E-state index is -1.19. The average Bonchev–Trinajstić information content (AvgIpc) is 3.34. The molecular formula is C33H26ClIN2O5.